The number of halogens is 3. The van der Waals surface area contributed by atoms with E-state index in [1.54, 1.807) is 12.1 Å². The molecule has 4 aromatic rings. The minimum atomic E-state index is -6.25. The number of thiophene rings is 1. The van der Waals surface area contributed by atoms with Crippen LogP contribution in [0.5, 0.6) is 5.75 Å². The molecule has 0 aliphatic carbocycles. The molecule has 162 valence electrons. The Labute approximate surface area is 178 Å². The molecular formula is C19H12F3NO5S3. The molecule has 0 saturated carbocycles. The predicted octanol–water partition coefficient (Wildman–Crippen LogP) is 5.58. The topological polar surface area (TPSA) is 91.6 Å². The van der Waals surface area contributed by atoms with Gasteiger partial charge in [0.1, 0.15) is 5.75 Å². The van der Waals surface area contributed by atoms with E-state index in [-0.39, 0.29) is 5.75 Å². The summed E-state index contributed by atoms with van der Waals surface area (Å²) in [6.07, 6.45) is 0. The largest absolute Gasteiger partial charge is 0.480 e. The highest BCUT2D eigenvalue weighted by Crippen LogP contribution is 2.48. The molecule has 0 saturated heterocycles. The second kappa shape index (κ2) is 7.48. The number of hydrogen-bond donors (Lipinski definition) is 0. The Balaban J connectivity index is 1.68. The van der Waals surface area contributed by atoms with Crippen molar-refractivity contribution in [3.8, 4) is 10.6 Å². The highest BCUT2D eigenvalue weighted by Gasteiger charge is 2.40. The Morgan fingerprint density at radius 1 is 0.742 bits per heavy atom. The highest BCUT2D eigenvalue weighted by molar-refractivity contribution is 8.10. The third-order valence-electron chi connectivity index (χ3n) is 4.25. The molecule has 0 fully saturated rings. The summed E-state index contributed by atoms with van der Waals surface area (Å²) in [5.74, 6) is -0.366. The van der Waals surface area contributed by atoms with Gasteiger partial charge >= 0.3 is 5.51 Å². The lowest BCUT2D eigenvalue weighted by molar-refractivity contribution is -0.0425. The molecule has 12 heteroatoms. The molecule has 0 N–H and O–H groups in total. The maximum atomic E-state index is 12.4. The molecule has 0 atom stereocenters. The summed E-state index contributed by atoms with van der Waals surface area (Å²) in [6.45, 7) is 0. The summed E-state index contributed by atoms with van der Waals surface area (Å²) < 4.78 is 90.8. The van der Waals surface area contributed by atoms with Crippen molar-refractivity contribution in [2.24, 2.45) is 0 Å². The number of nitrogens with zero attached hydrogens (tertiary/aromatic N) is 1. The second-order valence-corrected chi connectivity index (χ2v) is 11.3. The monoisotopic (exact) mass is 487 g/mol. The Morgan fingerprint density at radius 2 is 1.23 bits per heavy atom. The van der Waals surface area contributed by atoms with Gasteiger partial charge in [-0.1, -0.05) is 24.3 Å². The highest BCUT2D eigenvalue weighted by atomic mass is 32.3. The van der Waals surface area contributed by atoms with Crippen LogP contribution in [0.25, 0.3) is 29.2 Å². The Morgan fingerprint density at radius 3 is 1.71 bits per heavy atom. The minimum Gasteiger partial charge on any atom is -0.395 e. The fourth-order valence-electron chi connectivity index (χ4n) is 3.04. The van der Waals surface area contributed by atoms with Gasteiger partial charge in [-0.15, -0.1) is 0 Å². The molecule has 0 aliphatic rings. The molecule has 6 nitrogen and oxygen atoms in total. The summed E-state index contributed by atoms with van der Waals surface area (Å²) in [4.78, 5) is 0.821. The average molecular weight is 488 g/mol. The van der Waals surface area contributed by atoms with Crippen molar-refractivity contribution in [3.63, 3.8) is 0 Å². The molecule has 3 aromatic carbocycles. The van der Waals surface area contributed by atoms with Crippen LogP contribution in [0.2, 0.25) is 0 Å². The maximum Gasteiger partial charge on any atom is 0.480 e. The van der Waals surface area contributed by atoms with Crippen LogP contribution in [0.15, 0.2) is 72.8 Å². The van der Waals surface area contributed by atoms with Gasteiger partial charge in [-0.2, -0.15) is 13.2 Å². The van der Waals surface area contributed by atoms with Crippen molar-refractivity contribution < 1.29 is 34.2 Å². The maximum absolute atomic E-state index is 12.4. The molecule has 0 bridgehead atoms. The van der Waals surface area contributed by atoms with Gasteiger partial charge in [-0.3, -0.25) is 0 Å². The Hall–Kier alpha value is -2.67. The zero-order valence-corrected chi connectivity index (χ0v) is 17.7. The van der Waals surface area contributed by atoms with Gasteiger partial charge in [0.15, 0.2) is 24.3 Å². The first kappa shape index (κ1) is 21.6. The van der Waals surface area contributed by atoms with Gasteiger partial charge < -0.3 is 8.31 Å². The van der Waals surface area contributed by atoms with Crippen LogP contribution in [0.3, 0.4) is 0 Å². The lowest BCUT2D eigenvalue weighted by Gasteiger charge is -2.21. The van der Waals surface area contributed by atoms with Crippen LogP contribution in [0.4, 0.5) is 13.2 Å². The minimum absolute atomic E-state index is 0.366. The van der Waals surface area contributed by atoms with Crippen molar-refractivity contribution in [3.05, 3.63) is 76.9 Å². The van der Waals surface area contributed by atoms with E-state index in [9.17, 15) is 30.0 Å². The normalized spacial score (nSPS) is 13.0. The van der Waals surface area contributed by atoms with Gasteiger partial charge in [0.2, 0.25) is 10.3 Å². The first-order valence-electron chi connectivity index (χ1n) is 8.51. The average Bonchev–Trinajstić information content (AvgIpc) is 3.01. The van der Waals surface area contributed by atoms with E-state index in [4.69, 9.17) is 0 Å². The third kappa shape index (κ3) is 4.11. The summed E-state index contributed by atoms with van der Waals surface area (Å²) in [7, 11) is -12.1. The Kier molecular flexibility index (Phi) is 5.20. The molecular weight excluding hydrogens is 475 g/mol. The molecule has 4 rings (SSSR count). The molecule has 1 aromatic heterocycles. The molecule has 0 aliphatic heterocycles. The van der Waals surface area contributed by atoms with Crippen LogP contribution >= 0.6 is 10.5 Å². The van der Waals surface area contributed by atoms with E-state index < -0.39 is 36.3 Å². The number of benzene rings is 3. The molecule has 1 heterocycles. The van der Waals surface area contributed by atoms with Gasteiger partial charge in [0, 0.05) is 33.4 Å². The fourth-order valence-corrected chi connectivity index (χ4v) is 7.19. The van der Waals surface area contributed by atoms with Crippen LogP contribution < -0.4 is 4.18 Å². The number of alkyl halides is 3. The van der Waals surface area contributed by atoms with Crippen molar-refractivity contribution in [1.29, 1.82) is 0 Å². The lowest BCUT2D eigenvalue weighted by Crippen LogP contribution is -2.25. The van der Waals surface area contributed by atoms with Crippen molar-refractivity contribution >= 4 is 51.0 Å². The molecule has 0 unspecified atom stereocenters. The van der Waals surface area contributed by atoms with E-state index in [2.05, 4.69) is 4.18 Å². The number of fused-ring (bicyclic) bond motifs is 3. The van der Waals surface area contributed by atoms with Crippen LogP contribution in [-0.4, -0.2) is 22.3 Å². The van der Waals surface area contributed by atoms with E-state index in [0.29, 0.717) is 0 Å². The van der Waals surface area contributed by atoms with Crippen molar-refractivity contribution in [1.82, 2.24) is 0 Å². The summed E-state index contributed by atoms with van der Waals surface area (Å²) in [5, 5.41) is 2.17. The third-order valence-corrected chi connectivity index (χ3v) is 9.09. The number of sulfonamides is 1. The standard InChI is InChI=1S/C19H12F3NO5S3/c20-19(21,22)30(24,25)23-31(26,27)28-13-9-11-14(12-10-13)29-17-7-3-1-5-15(17)16-6-2-4-8-18(16)29/h1-12H. The molecule has 0 amide bonds. The quantitative estimate of drug-likeness (QED) is 0.343. The molecule has 31 heavy (non-hydrogen) atoms. The Bertz CT molecular complexity index is 1440. The van der Waals surface area contributed by atoms with Gasteiger partial charge in [0.25, 0.3) is 0 Å². The zero-order chi connectivity index (χ0) is 22.4. The van der Waals surface area contributed by atoms with Crippen LogP contribution in [0, 0.1) is 0 Å². The zero-order valence-electron chi connectivity index (χ0n) is 15.3. The van der Waals surface area contributed by atoms with Gasteiger partial charge in [-0.25, -0.2) is 16.8 Å². The molecule has 0 radical (unpaired) electrons. The van der Waals surface area contributed by atoms with Crippen LogP contribution in [0.1, 0.15) is 0 Å². The van der Waals surface area contributed by atoms with E-state index in [0.717, 1.165) is 25.1 Å². The second-order valence-electron chi connectivity index (χ2n) is 6.28. The van der Waals surface area contributed by atoms with Crippen LogP contribution in [-0.2, 0) is 20.3 Å². The first-order valence-corrected chi connectivity index (χ1v) is 12.5. The number of rotatable bonds is 5. The smallest absolute Gasteiger partial charge is 0.395 e. The van der Waals surface area contributed by atoms with Crippen molar-refractivity contribution in [2.45, 2.75) is 5.51 Å². The first-order chi connectivity index (χ1) is 14.5. The van der Waals surface area contributed by atoms with Gasteiger partial charge in [-0.05, 0) is 36.4 Å². The summed E-state index contributed by atoms with van der Waals surface area (Å²) >= 11 is 0. The lowest BCUT2D eigenvalue weighted by atomic mass is 10.2. The predicted molar refractivity (Wildman–Crippen MR) is 113 cm³/mol. The van der Waals surface area contributed by atoms with E-state index >= 15 is 0 Å². The van der Waals surface area contributed by atoms with Crippen molar-refractivity contribution in [2.75, 3.05) is 0 Å². The molecule has 0 spiro atoms. The van der Waals surface area contributed by atoms with E-state index in [1.165, 1.54) is 12.1 Å². The number of hydrogen-bond acceptors (Lipinski definition) is 5. The SMILES string of the molecule is O=S(=O)([N-]S(=O)(=O)C(F)(F)F)Oc1ccc(-[s+]2c3ccccc3c3ccccc32)cc1. The van der Waals surface area contributed by atoms with Gasteiger partial charge in [0.05, 0.1) is 0 Å². The fraction of sp³-hybridized carbons (Fsp3) is 0.0526. The van der Waals surface area contributed by atoms with E-state index in [1.807, 2.05) is 52.7 Å². The summed E-state index contributed by atoms with van der Waals surface area (Å²) in [5.41, 5.74) is -5.85. The summed E-state index contributed by atoms with van der Waals surface area (Å²) in [6, 6.07) is 21.3.